The average Bonchev–Trinajstić information content (AvgIpc) is 2.32. The molecule has 0 saturated heterocycles. The van der Waals surface area contributed by atoms with Gasteiger partial charge in [-0.05, 0) is 13.8 Å². The topological polar surface area (TPSA) is 111 Å². The monoisotopic (exact) mass is 253 g/mol. The molecule has 18 heavy (non-hydrogen) atoms. The number of nitrogens with zero attached hydrogens (tertiary/aromatic N) is 2. The third-order valence-corrected chi connectivity index (χ3v) is 1.99. The van der Waals surface area contributed by atoms with E-state index >= 15 is 0 Å². The Labute approximate surface area is 105 Å². The normalized spacial score (nSPS) is 11.6. The Morgan fingerprint density at radius 3 is 2.50 bits per heavy atom. The fraction of sp³-hybridized carbons (Fsp3) is 0.455. The van der Waals surface area contributed by atoms with Crippen molar-refractivity contribution in [3.63, 3.8) is 0 Å². The zero-order valence-electron chi connectivity index (χ0n) is 10.2. The minimum Gasteiger partial charge on any atom is -0.478 e. The first kappa shape index (κ1) is 15.6. The second-order valence-electron chi connectivity index (χ2n) is 3.53. The van der Waals surface area contributed by atoms with Crippen LogP contribution in [0.1, 0.15) is 13.8 Å². The van der Waals surface area contributed by atoms with Crippen LogP contribution in [0, 0.1) is 17.2 Å². The summed E-state index contributed by atoms with van der Waals surface area (Å²) in [5.74, 6) is -2.44. The summed E-state index contributed by atoms with van der Waals surface area (Å²) in [6.07, 6.45) is 1.39. The number of carboxylic acid groups (broad SMARTS) is 1. The van der Waals surface area contributed by atoms with Crippen LogP contribution in [0.25, 0.3) is 0 Å². The van der Waals surface area contributed by atoms with Gasteiger partial charge in [0.15, 0.2) is 0 Å². The van der Waals surface area contributed by atoms with E-state index in [0.717, 1.165) is 6.08 Å². The molecule has 1 unspecified atom stereocenters. The van der Waals surface area contributed by atoms with Gasteiger partial charge in [0, 0.05) is 25.2 Å². The number of rotatable bonds is 5. The molecular weight excluding hydrogens is 238 g/mol. The Kier molecular flexibility index (Phi) is 6.81. The Hall–Kier alpha value is -2.36. The fourth-order valence-corrected chi connectivity index (χ4v) is 1.10. The van der Waals surface area contributed by atoms with Gasteiger partial charge >= 0.3 is 12.0 Å². The molecule has 2 N–H and O–H groups in total. The van der Waals surface area contributed by atoms with Crippen molar-refractivity contribution in [2.45, 2.75) is 13.8 Å². The minimum absolute atomic E-state index is 0.203. The predicted octanol–water partition coefficient (Wildman–Crippen LogP) is 0.345. The number of nitriles is 1. The molecule has 0 bridgehead atoms. The van der Waals surface area contributed by atoms with Gasteiger partial charge in [-0.3, -0.25) is 10.1 Å². The fourth-order valence-electron chi connectivity index (χ4n) is 1.10. The summed E-state index contributed by atoms with van der Waals surface area (Å²) >= 11 is 0. The number of aliphatic carboxylic acids is 1. The molecule has 0 aliphatic rings. The van der Waals surface area contributed by atoms with Crippen molar-refractivity contribution >= 4 is 17.9 Å². The number of amides is 3. The highest BCUT2D eigenvalue weighted by atomic mass is 16.4. The molecule has 0 aromatic heterocycles. The highest BCUT2D eigenvalue weighted by molar-refractivity contribution is 6.02. The van der Waals surface area contributed by atoms with Crippen molar-refractivity contribution < 1.29 is 19.5 Å². The molecule has 1 atom stereocenters. The second-order valence-corrected chi connectivity index (χ2v) is 3.53. The molecule has 0 aromatic carbocycles. The molecule has 0 rings (SSSR count). The zero-order valence-corrected chi connectivity index (χ0v) is 10.2. The van der Waals surface area contributed by atoms with E-state index in [4.69, 9.17) is 10.4 Å². The quantitative estimate of drug-likeness (QED) is 0.686. The smallest absolute Gasteiger partial charge is 0.328 e. The van der Waals surface area contributed by atoms with Gasteiger partial charge < -0.3 is 10.0 Å². The molecule has 0 heterocycles. The van der Waals surface area contributed by atoms with Gasteiger partial charge in [-0.25, -0.2) is 9.59 Å². The largest absolute Gasteiger partial charge is 0.478 e. The van der Waals surface area contributed by atoms with Crippen molar-refractivity contribution in [2.24, 2.45) is 5.92 Å². The maximum atomic E-state index is 11.6. The summed E-state index contributed by atoms with van der Waals surface area (Å²) in [7, 11) is 0. The van der Waals surface area contributed by atoms with Crippen LogP contribution in [-0.2, 0) is 9.59 Å². The van der Waals surface area contributed by atoms with Gasteiger partial charge in [-0.2, -0.15) is 5.26 Å². The first-order valence-corrected chi connectivity index (χ1v) is 5.31. The molecular formula is C11H15N3O4. The van der Waals surface area contributed by atoms with E-state index in [9.17, 15) is 14.4 Å². The van der Waals surface area contributed by atoms with Crippen LogP contribution < -0.4 is 5.32 Å². The number of hydrogen-bond donors (Lipinski definition) is 2. The summed E-state index contributed by atoms with van der Waals surface area (Å²) in [6.45, 7) is 3.91. The zero-order chi connectivity index (χ0) is 14.1. The summed E-state index contributed by atoms with van der Waals surface area (Å²) < 4.78 is 0. The number of urea groups is 1. The van der Waals surface area contributed by atoms with Gasteiger partial charge in [0.05, 0.1) is 12.0 Å². The van der Waals surface area contributed by atoms with E-state index in [2.05, 4.69) is 0 Å². The van der Waals surface area contributed by atoms with Gasteiger partial charge in [-0.15, -0.1) is 0 Å². The molecule has 0 aliphatic heterocycles. The lowest BCUT2D eigenvalue weighted by atomic mass is 10.2. The lowest BCUT2D eigenvalue weighted by molar-refractivity contribution is -0.131. The summed E-state index contributed by atoms with van der Waals surface area (Å²) in [4.78, 5) is 34.2. The van der Waals surface area contributed by atoms with Gasteiger partial charge in [0.2, 0.25) is 0 Å². The molecule has 0 spiro atoms. The molecule has 7 heteroatoms. The number of carbonyl (C=O) groups excluding carboxylic acids is 2. The van der Waals surface area contributed by atoms with Crippen LogP contribution in [0.2, 0.25) is 0 Å². The standard InChI is InChI=1S/C11H15N3O4/c1-3-14(7-8(2)6-12)11(18)13-9(15)4-5-10(16)17/h4-5,8H,3,7H2,1-2H3,(H,16,17)(H,13,15,18)/b5-4+. The summed E-state index contributed by atoms with van der Waals surface area (Å²) in [6, 6.07) is 1.33. The molecule has 98 valence electrons. The Morgan fingerprint density at radius 1 is 1.44 bits per heavy atom. The van der Waals surface area contributed by atoms with E-state index in [0.29, 0.717) is 12.6 Å². The van der Waals surface area contributed by atoms with Gasteiger partial charge in [-0.1, -0.05) is 0 Å². The van der Waals surface area contributed by atoms with E-state index < -0.39 is 17.9 Å². The molecule has 0 aromatic rings. The van der Waals surface area contributed by atoms with Crippen LogP contribution in [0.3, 0.4) is 0 Å². The molecule has 0 fully saturated rings. The Bertz CT molecular complexity index is 398. The molecule has 0 radical (unpaired) electrons. The number of nitrogens with one attached hydrogen (secondary N) is 1. The first-order chi connectivity index (χ1) is 8.40. The molecule has 7 nitrogen and oxygen atoms in total. The average molecular weight is 253 g/mol. The van der Waals surface area contributed by atoms with Crippen molar-refractivity contribution in [1.82, 2.24) is 10.2 Å². The van der Waals surface area contributed by atoms with Crippen molar-refractivity contribution in [1.29, 1.82) is 5.26 Å². The Balaban J connectivity index is 4.41. The third kappa shape index (κ3) is 6.27. The van der Waals surface area contributed by atoms with E-state index in [-0.39, 0.29) is 12.5 Å². The van der Waals surface area contributed by atoms with Crippen LogP contribution in [-0.4, -0.2) is 41.0 Å². The lowest BCUT2D eigenvalue weighted by Gasteiger charge is -2.21. The van der Waals surface area contributed by atoms with Crippen molar-refractivity contribution in [3.05, 3.63) is 12.2 Å². The highest BCUT2D eigenvalue weighted by Gasteiger charge is 2.15. The number of carboxylic acids is 1. The summed E-state index contributed by atoms with van der Waals surface area (Å²) in [5.41, 5.74) is 0. The van der Waals surface area contributed by atoms with Crippen LogP contribution in [0.15, 0.2) is 12.2 Å². The van der Waals surface area contributed by atoms with Crippen molar-refractivity contribution in [3.8, 4) is 6.07 Å². The number of hydrogen-bond acceptors (Lipinski definition) is 4. The molecule has 0 aliphatic carbocycles. The maximum absolute atomic E-state index is 11.6. The number of carbonyl (C=O) groups is 3. The molecule has 3 amide bonds. The maximum Gasteiger partial charge on any atom is 0.328 e. The van der Waals surface area contributed by atoms with Crippen LogP contribution in [0.4, 0.5) is 4.79 Å². The lowest BCUT2D eigenvalue weighted by Crippen LogP contribution is -2.43. The third-order valence-electron chi connectivity index (χ3n) is 1.99. The van der Waals surface area contributed by atoms with Crippen LogP contribution in [0.5, 0.6) is 0 Å². The van der Waals surface area contributed by atoms with Gasteiger partial charge in [0.1, 0.15) is 0 Å². The van der Waals surface area contributed by atoms with Crippen LogP contribution >= 0.6 is 0 Å². The highest BCUT2D eigenvalue weighted by Crippen LogP contribution is 1.98. The second kappa shape index (κ2) is 7.84. The summed E-state index contributed by atoms with van der Waals surface area (Å²) in [5, 5.41) is 18.9. The SMILES string of the molecule is CCN(CC(C)C#N)C(=O)NC(=O)/C=C/C(=O)O. The van der Waals surface area contributed by atoms with E-state index in [1.807, 2.05) is 11.4 Å². The van der Waals surface area contributed by atoms with E-state index in [1.165, 1.54) is 4.90 Å². The van der Waals surface area contributed by atoms with Gasteiger partial charge in [0.25, 0.3) is 5.91 Å². The number of imide groups is 1. The molecule has 0 saturated carbocycles. The Morgan fingerprint density at radius 2 is 2.06 bits per heavy atom. The predicted molar refractivity (Wildman–Crippen MR) is 62.3 cm³/mol. The minimum atomic E-state index is -1.27. The van der Waals surface area contributed by atoms with E-state index in [1.54, 1.807) is 13.8 Å². The first-order valence-electron chi connectivity index (χ1n) is 5.31. The van der Waals surface area contributed by atoms with Crippen molar-refractivity contribution in [2.75, 3.05) is 13.1 Å².